The van der Waals surface area contributed by atoms with Gasteiger partial charge in [-0.1, -0.05) is 12.1 Å². The molecule has 0 aliphatic carbocycles. The molecule has 1 aromatic carbocycles. The minimum atomic E-state index is -0.263. The van der Waals surface area contributed by atoms with Gasteiger partial charge in [-0.2, -0.15) is 5.10 Å². The molecule has 6 heteroatoms. The standard InChI is InChI=1S/C21H24N4O2/c1-15-12-16(2)25(23-15)18-9-7-8-17(13-18)21(26)24(3)20(14-27-4)19-10-5-6-11-22-19/h5-13,20H,14H2,1-4H3/t20-/m0/s1. The number of pyridine rings is 1. The van der Waals surface area contributed by atoms with Crippen LogP contribution in [0.5, 0.6) is 0 Å². The Morgan fingerprint density at radius 1 is 1.19 bits per heavy atom. The highest BCUT2D eigenvalue weighted by molar-refractivity contribution is 5.94. The lowest BCUT2D eigenvalue weighted by molar-refractivity contribution is 0.0595. The van der Waals surface area contributed by atoms with Gasteiger partial charge in [0.05, 0.1) is 29.7 Å². The third-order valence-electron chi connectivity index (χ3n) is 4.49. The molecule has 0 unspecified atom stereocenters. The third kappa shape index (κ3) is 4.06. The minimum absolute atomic E-state index is 0.0916. The molecule has 2 heterocycles. The highest BCUT2D eigenvalue weighted by Gasteiger charge is 2.24. The van der Waals surface area contributed by atoms with Crippen LogP contribution < -0.4 is 0 Å². The molecular formula is C21H24N4O2. The van der Waals surface area contributed by atoms with Crippen molar-refractivity contribution in [3.8, 4) is 5.69 Å². The molecule has 0 bridgehead atoms. The maximum absolute atomic E-state index is 13.1. The average Bonchev–Trinajstić information content (AvgIpc) is 3.04. The summed E-state index contributed by atoms with van der Waals surface area (Å²) in [5.74, 6) is -0.0916. The fraction of sp³-hybridized carbons (Fsp3) is 0.286. The second kappa shape index (κ2) is 8.14. The van der Waals surface area contributed by atoms with Gasteiger partial charge in [0, 0.05) is 31.6 Å². The second-order valence-electron chi connectivity index (χ2n) is 6.53. The SMILES string of the molecule is COC[C@@H](c1ccccn1)N(C)C(=O)c1cccc(-n2nc(C)cc2C)c1. The Balaban J connectivity index is 1.90. The van der Waals surface area contributed by atoms with Gasteiger partial charge in [0.1, 0.15) is 0 Å². The van der Waals surface area contributed by atoms with Crippen LogP contribution in [0, 0.1) is 13.8 Å². The number of aromatic nitrogens is 3. The number of ether oxygens (including phenoxy) is 1. The van der Waals surface area contributed by atoms with Gasteiger partial charge in [0.2, 0.25) is 0 Å². The number of carbonyl (C=O) groups excluding carboxylic acids is 1. The topological polar surface area (TPSA) is 60.2 Å². The van der Waals surface area contributed by atoms with Gasteiger partial charge < -0.3 is 9.64 Å². The molecule has 3 rings (SSSR count). The van der Waals surface area contributed by atoms with Crippen molar-refractivity contribution in [3.05, 3.63) is 77.4 Å². The number of hydrogen-bond donors (Lipinski definition) is 0. The number of hydrogen-bond acceptors (Lipinski definition) is 4. The van der Waals surface area contributed by atoms with Gasteiger partial charge in [0.15, 0.2) is 0 Å². The Kier molecular flexibility index (Phi) is 5.66. The molecule has 0 aliphatic rings. The number of aryl methyl sites for hydroxylation is 2. The Morgan fingerprint density at radius 2 is 2.00 bits per heavy atom. The van der Waals surface area contributed by atoms with Gasteiger partial charge in [-0.3, -0.25) is 9.78 Å². The van der Waals surface area contributed by atoms with Crippen LogP contribution in [0.25, 0.3) is 5.69 Å². The first-order valence-corrected chi connectivity index (χ1v) is 8.82. The van der Waals surface area contributed by atoms with E-state index in [1.54, 1.807) is 25.3 Å². The van der Waals surface area contributed by atoms with Gasteiger partial charge in [-0.05, 0) is 50.2 Å². The Morgan fingerprint density at radius 3 is 2.63 bits per heavy atom. The van der Waals surface area contributed by atoms with Crippen molar-refractivity contribution >= 4 is 5.91 Å². The number of methoxy groups -OCH3 is 1. The molecule has 0 N–H and O–H groups in total. The molecule has 6 nitrogen and oxygen atoms in total. The van der Waals surface area contributed by atoms with Gasteiger partial charge in [-0.15, -0.1) is 0 Å². The summed E-state index contributed by atoms with van der Waals surface area (Å²) in [5, 5.41) is 4.50. The van der Waals surface area contributed by atoms with Gasteiger partial charge in [0.25, 0.3) is 5.91 Å². The van der Waals surface area contributed by atoms with Crippen molar-refractivity contribution in [3.63, 3.8) is 0 Å². The summed E-state index contributed by atoms with van der Waals surface area (Å²) in [5.41, 5.74) is 4.22. The van der Waals surface area contributed by atoms with E-state index in [0.717, 1.165) is 22.8 Å². The molecule has 0 radical (unpaired) electrons. The number of carbonyl (C=O) groups is 1. The number of nitrogens with zero attached hydrogens (tertiary/aromatic N) is 4. The molecule has 0 saturated heterocycles. The largest absolute Gasteiger partial charge is 0.382 e. The van der Waals surface area contributed by atoms with Crippen LogP contribution in [-0.4, -0.2) is 46.3 Å². The van der Waals surface area contributed by atoms with E-state index in [1.165, 1.54) is 0 Å². The lowest BCUT2D eigenvalue weighted by Gasteiger charge is -2.27. The predicted molar refractivity (Wildman–Crippen MR) is 104 cm³/mol. The monoisotopic (exact) mass is 364 g/mol. The zero-order chi connectivity index (χ0) is 19.4. The Hall–Kier alpha value is -2.99. The zero-order valence-electron chi connectivity index (χ0n) is 16.1. The first kappa shape index (κ1) is 18.8. The summed E-state index contributed by atoms with van der Waals surface area (Å²) in [6.45, 7) is 4.32. The first-order chi connectivity index (χ1) is 13.0. The Labute approximate surface area is 159 Å². The minimum Gasteiger partial charge on any atom is -0.382 e. The third-order valence-corrected chi connectivity index (χ3v) is 4.49. The molecule has 1 atom stereocenters. The lowest BCUT2D eigenvalue weighted by atomic mass is 10.1. The number of benzene rings is 1. The number of rotatable bonds is 6. The molecule has 2 aromatic heterocycles. The van der Waals surface area contributed by atoms with Crippen LogP contribution in [0.3, 0.4) is 0 Å². The summed E-state index contributed by atoms with van der Waals surface area (Å²) in [7, 11) is 3.40. The summed E-state index contributed by atoms with van der Waals surface area (Å²) in [6.07, 6.45) is 1.72. The van der Waals surface area contributed by atoms with Crippen molar-refractivity contribution in [2.75, 3.05) is 20.8 Å². The van der Waals surface area contributed by atoms with Crippen molar-refractivity contribution in [2.24, 2.45) is 0 Å². The van der Waals surface area contributed by atoms with Crippen LogP contribution in [0.2, 0.25) is 0 Å². The molecule has 3 aromatic rings. The molecule has 0 fully saturated rings. The first-order valence-electron chi connectivity index (χ1n) is 8.82. The summed E-state index contributed by atoms with van der Waals surface area (Å²) >= 11 is 0. The van der Waals surface area contributed by atoms with E-state index in [2.05, 4.69) is 10.1 Å². The fourth-order valence-electron chi connectivity index (χ4n) is 3.13. The van der Waals surface area contributed by atoms with Gasteiger partial charge >= 0.3 is 0 Å². The van der Waals surface area contributed by atoms with Gasteiger partial charge in [-0.25, -0.2) is 4.68 Å². The predicted octanol–water partition coefficient (Wildman–Crippen LogP) is 3.34. The van der Waals surface area contributed by atoms with E-state index in [1.807, 2.05) is 67.1 Å². The molecule has 1 amide bonds. The van der Waals surface area contributed by atoms with Crippen LogP contribution in [0.1, 0.15) is 33.5 Å². The molecule has 0 spiro atoms. The summed E-state index contributed by atoms with van der Waals surface area (Å²) in [6, 6.07) is 14.9. The molecule has 0 aliphatic heterocycles. The quantitative estimate of drug-likeness (QED) is 0.673. The Bertz CT molecular complexity index is 921. The summed E-state index contributed by atoms with van der Waals surface area (Å²) < 4.78 is 7.17. The van der Waals surface area contributed by atoms with Crippen molar-refractivity contribution in [1.29, 1.82) is 0 Å². The number of amides is 1. The smallest absolute Gasteiger partial charge is 0.254 e. The second-order valence-corrected chi connectivity index (χ2v) is 6.53. The molecule has 0 saturated carbocycles. The van der Waals surface area contributed by atoms with E-state index in [0.29, 0.717) is 12.2 Å². The maximum atomic E-state index is 13.1. The average molecular weight is 364 g/mol. The molecular weight excluding hydrogens is 340 g/mol. The van der Waals surface area contributed by atoms with Crippen LogP contribution in [-0.2, 0) is 4.74 Å². The van der Waals surface area contributed by atoms with E-state index in [9.17, 15) is 4.79 Å². The summed E-state index contributed by atoms with van der Waals surface area (Å²) in [4.78, 5) is 19.2. The molecule has 27 heavy (non-hydrogen) atoms. The van der Waals surface area contributed by atoms with E-state index in [-0.39, 0.29) is 11.9 Å². The van der Waals surface area contributed by atoms with Crippen molar-refractivity contribution < 1.29 is 9.53 Å². The van der Waals surface area contributed by atoms with E-state index < -0.39 is 0 Å². The lowest BCUT2D eigenvalue weighted by Crippen LogP contribution is -2.34. The highest BCUT2D eigenvalue weighted by Crippen LogP contribution is 2.21. The fourth-order valence-corrected chi connectivity index (χ4v) is 3.13. The van der Waals surface area contributed by atoms with Crippen LogP contribution >= 0.6 is 0 Å². The van der Waals surface area contributed by atoms with E-state index in [4.69, 9.17) is 4.74 Å². The van der Waals surface area contributed by atoms with Crippen molar-refractivity contribution in [2.45, 2.75) is 19.9 Å². The zero-order valence-corrected chi connectivity index (χ0v) is 16.1. The van der Waals surface area contributed by atoms with Crippen molar-refractivity contribution in [1.82, 2.24) is 19.7 Å². The van der Waals surface area contributed by atoms with E-state index >= 15 is 0 Å². The van der Waals surface area contributed by atoms with Crippen LogP contribution in [0.15, 0.2) is 54.7 Å². The highest BCUT2D eigenvalue weighted by atomic mass is 16.5. The molecule has 140 valence electrons. The maximum Gasteiger partial charge on any atom is 0.254 e. The number of likely N-dealkylation sites (N-methyl/N-ethyl adjacent to an activating group) is 1. The van der Waals surface area contributed by atoms with Crippen LogP contribution in [0.4, 0.5) is 0 Å². The normalized spacial score (nSPS) is 12.0.